The monoisotopic (exact) mass is 191 g/mol. The van der Waals surface area contributed by atoms with Gasteiger partial charge >= 0.3 is 0 Å². The minimum atomic E-state index is 0.407. The van der Waals surface area contributed by atoms with E-state index in [2.05, 4.69) is 10.3 Å². The number of hydrogen-bond acceptors (Lipinski definition) is 3. The van der Waals surface area contributed by atoms with Gasteiger partial charge in [-0.3, -0.25) is 4.98 Å². The molecule has 2 atom stereocenters. The first-order valence-corrected chi connectivity index (χ1v) is 5.22. The van der Waals surface area contributed by atoms with E-state index >= 15 is 0 Å². The van der Waals surface area contributed by atoms with Gasteiger partial charge in [0, 0.05) is 31.0 Å². The van der Waals surface area contributed by atoms with Crippen LogP contribution in [0, 0.1) is 0 Å². The average Bonchev–Trinajstić information content (AvgIpc) is 2.63. The van der Waals surface area contributed by atoms with Crippen LogP contribution in [0.1, 0.15) is 24.8 Å². The lowest BCUT2D eigenvalue weighted by molar-refractivity contribution is 0.516. The Morgan fingerprint density at radius 1 is 1.36 bits per heavy atom. The number of nitrogens with zero attached hydrogens (tertiary/aromatic N) is 1. The summed E-state index contributed by atoms with van der Waals surface area (Å²) in [6.07, 6.45) is 7.15. The standard InChI is InChI=1S/C11H17N3/c12-10-1-2-11(7-10)14-8-9-3-5-13-6-4-9/h3-6,10-11,14H,1-2,7-8,12H2. The van der Waals surface area contributed by atoms with Gasteiger partial charge in [0.15, 0.2) is 0 Å². The molecule has 0 radical (unpaired) electrons. The maximum absolute atomic E-state index is 5.84. The summed E-state index contributed by atoms with van der Waals surface area (Å²) >= 11 is 0. The van der Waals surface area contributed by atoms with Gasteiger partial charge in [0.05, 0.1) is 0 Å². The molecule has 0 saturated heterocycles. The zero-order valence-electron chi connectivity index (χ0n) is 8.32. The van der Waals surface area contributed by atoms with Crippen molar-refractivity contribution in [3.05, 3.63) is 30.1 Å². The van der Waals surface area contributed by atoms with Crippen LogP contribution in [0.3, 0.4) is 0 Å². The fourth-order valence-electron chi connectivity index (χ4n) is 1.96. The van der Waals surface area contributed by atoms with E-state index in [0.717, 1.165) is 19.4 Å². The lowest BCUT2D eigenvalue weighted by Crippen LogP contribution is -2.27. The minimum absolute atomic E-state index is 0.407. The van der Waals surface area contributed by atoms with Gasteiger partial charge in [-0.2, -0.15) is 0 Å². The summed E-state index contributed by atoms with van der Waals surface area (Å²) in [5.41, 5.74) is 7.14. The Hall–Kier alpha value is -0.930. The van der Waals surface area contributed by atoms with Crippen LogP contribution in [-0.2, 0) is 6.54 Å². The Labute approximate surface area is 84.7 Å². The highest BCUT2D eigenvalue weighted by Crippen LogP contribution is 2.17. The third-order valence-corrected chi connectivity index (χ3v) is 2.82. The van der Waals surface area contributed by atoms with Crippen molar-refractivity contribution in [2.24, 2.45) is 5.73 Å². The molecule has 1 saturated carbocycles. The van der Waals surface area contributed by atoms with E-state index in [4.69, 9.17) is 5.73 Å². The molecule has 0 amide bonds. The molecule has 1 aliphatic rings. The number of pyridine rings is 1. The second-order valence-corrected chi connectivity index (χ2v) is 4.01. The molecule has 1 aromatic heterocycles. The quantitative estimate of drug-likeness (QED) is 0.751. The summed E-state index contributed by atoms with van der Waals surface area (Å²) < 4.78 is 0. The van der Waals surface area contributed by atoms with Crippen molar-refractivity contribution in [1.29, 1.82) is 0 Å². The van der Waals surface area contributed by atoms with Crippen LogP contribution >= 0.6 is 0 Å². The van der Waals surface area contributed by atoms with Gasteiger partial charge in [0.1, 0.15) is 0 Å². The molecule has 1 aromatic rings. The number of nitrogens with two attached hydrogens (primary N) is 1. The Kier molecular flexibility index (Phi) is 3.11. The fourth-order valence-corrected chi connectivity index (χ4v) is 1.96. The van der Waals surface area contributed by atoms with Crippen molar-refractivity contribution in [1.82, 2.24) is 10.3 Å². The maximum atomic E-state index is 5.84. The lowest BCUT2D eigenvalue weighted by Gasteiger charge is -2.11. The van der Waals surface area contributed by atoms with Crippen molar-refractivity contribution >= 4 is 0 Å². The topological polar surface area (TPSA) is 50.9 Å². The predicted molar refractivity (Wildman–Crippen MR) is 56.7 cm³/mol. The molecule has 1 heterocycles. The zero-order chi connectivity index (χ0) is 9.80. The van der Waals surface area contributed by atoms with Crippen LogP contribution in [0.5, 0.6) is 0 Å². The zero-order valence-corrected chi connectivity index (χ0v) is 8.32. The molecule has 1 aliphatic carbocycles. The number of hydrogen-bond donors (Lipinski definition) is 2. The number of nitrogens with one attached hydrogen (secondary N) is 1. The van der Waals surface area contributed by atoms with Gasteiger partial charge in [-0.05, 0) is 37.0 Å². The molecular weight excluding hydrogens is 174 g/mol. The molecule has 14 heavy (non-hydrogen) atoms. The Morgan fingerprint density at radius 2 is 2.14 bits per heavy atom. The van der Waals surface area contributed by atoms with Gasteiger partial charge in [-0.25, -0.2) is 0 Å². The normalized spacial score (nSPS) is 26.6. The van der Waals surface area contributed by atoms with Crippen molar-refractivity contribution < 1.29 is 0 Å². The molecule has 0 aliphatic heterocycles. The highest BCUT2D eigenvalue weighted by molar-refractivity contribution is 5.09. The van der Waals surface area contributed by atoms with Crippen LogP contribution in [0.2, 0.25) is 0 Å². The van der Waals surface area contributed by atoms with E-state index in [1.165, 1.54) is 12.0 Å². The van der Waals surface area contributed by atoms with Gasteiger partial charge in [0.25, 0.3) is 0 Å². The SMILES string of the molecule is NC1CCC(NCc2ccncc2)C1. The van der Waals surface area contributed by atoms with Crippen molar-refractivity contribution in [3.63, 3.8) is 0 Å². The van der Waals surface area contributed by atoms with Crippen molar-refractivity contribution in [3.8, 4) is 0 Å². The molecule has 76 valence electrons. The second kappa shape index (κ2) is 4.53. The van der Waals surface area contributed by atoms with Gasteiger partial charge in [-0.15, -0.1) is 0 Å². The van der Waals surface area contributed by atoms with E-state index in [9.17, 15) is 0 Å². The van der Waals surface area contributed by atoms with Crippen LogP contribution in [0.25, 0.3) is 0 Å². The Morgan fingerprint density at radius 3 is 2.79 bits per heavy atom. The van der Waals surface area contributed by atoms with Crippen LogP contribution in [0.4, 0.5) is 0 Å². The molecule has 0 spiro atoms. The van der Waals surface area contributed by atoms with Gasteiger partial charge < -0.3 is 11.1 Å². The van der Waals surface area contributed by atoms with E-state index in [0.29, 0.717) is 12.1 Å². The molecule has 3 nitrogen and oxygen atoms in total. The molecule has 1 fully saturated rings. The third kappa shape index (κ3) is 2.53. The largest absolute Gasteiger partial charge is 0.328 e. The van der Waals surface area contributed by atoms with Crippen molar-refractivity contribution in [2.45, 2.75) is 37.9 Å². The lowest BCUT2D eigenvalue weighted by atomic mass is 10.2. The van der Waals surface area contributed by atoms with Crippen molar-refractivity contribution in [2.75, 3.05) is 0 Å². The number of aromatic nitrogens is 1. The molecule has 2 rings (SSSR count). The van der Waals surface area contributed by atoms with E-state index < -0.39 is 0 Å². The second-order valence-electron chi connectivity index (χ2n) is 4.01. The maximum Gasteiger partial charge on any atom is 0.0271 e. The molecule has 2 unspecified atom stereocenters. The first-order chi connectivity index (χ1) is 6.84. The highest BCUT2D eigenvalue weighted by atomic mass is 14.9. The fraction of sp³-hybridized carbons (Fsp3) is 0.545. The van der Waals surface area contributed by atoms with Crippen LogP contribution < -0.4 is 11.1 Å². The first kappa shape index (κ1) is 9.62. The smallest absolute Gasteiger partial charge is 0.0271 e. The Bertz CT molecular complexity index is 273. The summed E-state index contributed by atoms with van der Waals surface area (Å²) in [5.74, 6) is 0. The van der Waals surface area contributed by atoms with E-state index in [1.807, 2.05) is 24.5 Å². The van der Waals surface area contributed by atoms with E-state index in [-0.39, 0.29) is 0 Å². The summed E-state index contributed by atoms with van der Waals surface area (Å²) in [7, 11) is 0. The summed E-state index contributed by atoms with van der Waals surface area (Å²) in [6, 6.07) is 5.10. The Balaban J connectivity index is 1.78. The minimum Gasteiger partial charge on any atom is -0.328 e. The molecule has 0 bridgehead atoms. The van der Waals surface area contributed by atoms with Gasteiger partial charge in [0.2, 0.25) is 0 Å². The first-order valence-electron chi connectivity index (χ1n) is 5.22. The summed E-state index contributed by atoms with van der Waals surface area (Å²) in [5, 5.41) is 3.52. The molecule has 3 heteroatoms. The molecule has 0 aromatic carbocycles. The van der Waals surface area contributed by atoms with Crippen LogP contribution in [-0.4, -0.2) is 17.1 Å². The van der Waals surface area contributed by atoms with Crippen LogP contribution in [0.15, 0.2) is 24.5 Å². The molecular formula is C11H17N3. The molecule has 3 N–H and O–H groups in total. The summed E-state index contributed by atoms with van der Waals surface area (Å²) in [6.45, 7) is 0.930. The average molecular weight is 191 g/mol. The predicted octanol–water partition coefficient (Wildman–Crippen LogP) is 1.05. The van der Waals surface area contributed by atoms with Gasteiger partial charge in [-0.1, -0.05) is 0 Å². The van der Waals surface area contributed by atoms with E-state index in [1.54, 1.807) is 0 Å². The summed E-state index contributed by atoms with van der Waals surface area (Å²) in [4.78, 5) is 3.99. The highest BCUT2D eigenvalue weighted by Gasteiger charge is 2.20. The third-order valence-electron chi connectivity index (χ3n) is 2.82. The number of rotatable bonds is 3.